The summed E-state index contributed by atoms with van der Waals surface area (Å²) in [6.45, 7) is 3.97. The van der Waals surface area contributed by atoms with E-state index in [-0.39, 0.29) is 30.9 Å². The number of hydrogen-bond acceptors (Lipinski definition) is 8. The molecule has 2 aromatic rings. The van der Waals surface area contributed by atoms with Crippen LogP contribution in [-0.4, -0.2) is 99.9 Å². The molecule has 4 rings (SSSR count). The number of likely N-dealkylation sites (tertiary alicyclic amines) is 1. The fraction of sp³-hybridized carbons (Fsp3) is 0.522. The molecule has 11 heteroatoms. The summed E-state index contributed by atoms with van der Waals surface area (Å²) in [7, 11) is 0. The van der Waals surface area contributed by atoms with Gasteiger partial charge in [-0.3, -0.25) is 24.7 Å². The van der Waals surface area contributed by atoms with Crippen LogP contribution >= 0.6 is 22.9 Å². The molecule has 1 aromatic heterocycles. The molecule has 184 valence electrons. The molecule has 2 aliphatic heterocycles. The van der Waals surface area contributed by atoms with Gasteiger partial charge >= 0.3 is 0 Å². The Kier molecular flexibility index (Phi) is 8.51. The summed E-state index contributed by atoms with van der Waals surface area (Å²) in [5, 5.41) is 25.6. The Morgan fingerprint density at radius 2 is 1.91 bits per heavy atom. The number of halogens is 1. The Balaban J connectivity index is 1.22. The number of rotatable bonds is 8. The number of anilines is 1. The van der Waals surface area contributed by atoms with E-state index in [1.165, 1.54) is 11.3 Å². The Morgan fingerprint density at radius 1 is 1.18 bits per heavy atom. The number of thiazole rings is 1. The summed E-state index contributed by atoms with van der Waals surface area (Å²) in [5.41, 5.74) is 1.11. The number of benzene rings is 1. The number of amides is 2. The number of aliphatic hydroxyl groups is 2. The molecule has 1 aromatic carbocycles. The molecular formula is C23H30ClN5O4S. The lowest BCUT2D eigenvalue weighted by atomic mass is 10.2. The van der Waals surface area contributed by atoms with Crippen LogP contribution in [0.15, 0.2) is 29.6 Å². The molecule has 2 fully saturated rings. The van der Waals surface area contributed by atoms with Gasteiger partial charge in [0.25, 0.3) is 5.91 Å². The van der Waals surface area contributed by atoms with Gasteiger partial charge < -0.3 is 15.1 Å². The Hall–Kier alpha value is -2.08. The first-order valence-electron chi connectivity index (χ1n) is 11.5. The lowest BCUT2D eigenvalue weighted by Crippen LogP contribution is -2.53. The van der Waals surface area contributed by atoms with E-state index in [4.69, 9.17) is 11.6 Å². The standard InChI is InChI=1S/C23H30ClN5O4S/c24-17-5-3-16(4-6-17)22(33)26-23-25-18(15-34-23)12-20(31)28-10-8-27(9-11-28)13-21(32)29-7-1-2-19(29)14-30/h3-6,15,19,21,30,32H,1-2,7-14H2,(H,25,26,33)/t19-,21?/m0/s1. The fourth-order valence-corrected chi connectivity index (χ4v) is 5.28. The quantitative estimate of drug-likeness (QED) is 0.497. The summed E-state index contributed by atoms with van der Waals surface area (Å²) < 4.78 is 0. The molecule has 9 nitrogen and oxygen atoms in total. The fourth-order valence-electron chi connectivity index (χ4n) is 4.44. The summed E-state index contributed by atoms with van der Waals surface area (Å²) in [6, 6.07) is 6.63. The second-order valence-corrected chi connectivity index (χ2v) is 9.95. The van der Waals surface area contributed by atoms with E-state index in [1.807, 2.05) is 9.80 Å². The van der Waals surface area contributed by atoms with E-state index < -0.39 is 6.23 Å². The smallest absolute Gasteiger partial charge is 0.257 e. The number of piperazine rings is 1. The number of nitrogens with one attached hydrogen (secondary N) is 1. The van der Waals surface area contributed by atoms with Crippen LogP contribution < -0.4 is 5.32 Å². The van der Waals surface area contributed by atoms with Gasteiger partial charge in [0, 0.05) is 61.3 Å². The summed E-state index contributed by atoms with van der Waals surface area (Å²) in [4.78, 5) is 35.4. The minimum Gasteiger partial charge on any atom is -0.395 e. The zero-order valence-corrected chi connectivity index (χ0v) is 20.5. The number of aromatic nitrogens is 1. The third kappa shape index (κ3) is 6.32. The van der Waals surface area contributed by atoms with Crippen LogP contribution in [-0.2, 0) is 11.2 Å². The number of carbonyl (C=O) groups is 2. The van der Waals surface area contributed by atoms with Gasteiger partial charge in [-0.1, -0.05) is 11.6 Å². The van der Waals surface area contributed by atoms with Crippen LogP contribution in [0.2, 0.25) is 5.02 Å². The zero-order chi connectivity index (χ0) is 24.1. The molecule has 0 radical (unpaired) electrons. The monoisotopic (exact) mass is 507 g/mol. The van der Waals surface area contributed by atoms with Gasteiger partial charge in [-0.2, -0.15) is 0 Å². The van der Waals surface area contributed by atoms with Gasteiger partial charge in [0.1, 0.15) is 6.23 Å². The van der Waals surface area contributed by atoms with Crippen molar-refractivity contribution in [3.63, 3.8) is 0 Å². The van der Waals surface area contributed by atoms with Crippen molar-refractivity contribution in [1.29, 1.82) is 0 Å². The molecule has 3 N–H and O–H groups in total. The molecule has 1 unspecified atom stereocenters. The number of nitrogens with zero attached hydrogens (tertiary/aromatic N) is 4. The molecule has 0 spiro atoms. The maximum atomic E-state index is 12.8. The Labute approximate surface area is 207 Å². The molecular weight excluding hydrogens is 478 g/mol. The van der Waals surface area contributed by atoms with Crippen molar-refractivity contribution in [2.45, 2.75) is 31.5 Å². The second-order valence-electron chi connectivity index (χ2n) is 8.66. The van der Waals surface area contributed by atoms with Gasteiger partial charge in [0.05, 0.1) is 18.7 Å². The van der Waals surface area contributed by atoms with E-state index in [0.29, 0.717) is 54.1 Å². The minimum absolute atomic E-state index is 0.000892. The molecule has 0 saturated carbocycles. The van der Waals surface area contributed by atoms with Crippen molar-refractivity contribution in [1.82, 2.24) is 19.7 Å². The van der Waals surface area contributed by atoms with Crippen molar-refractivity contribution in [2.24, 2.45) is 0 Å². The molecule has 34 heavy (non-hydrogen) atoms. The summed E-state index contributed by atoms with van der Waals surface area (Å²) in [5.74, 6) is -0.276. The van der Waals surface area contributed by atoms with Crippen LogP contribution in [0, 0.1) is 0 Å². The van der Waals surface area contributed by atoms with Gasteiger partial charge in [-0.15, -0.1) is 11.3 Å². The van der Waals surface area contributed by atoms with Gasteiger partial charge in [0.15, 0.2) is 5.13 Å². The van der Waals surface area contributed by atoms with E-state index in [0.717, 1.165) is 19.4 Å². The van der Waals surface area contributed by atoms with E-state index in [1.54, 1.807) is 29.6 Å². The zero-order valence-electron chi connectivity index (χ0n) is 18.9. The highest BCUT2D eigenvalue weighted by Gasteiger charge is 2.31. The van der Waals surface area contributed by atoms with Gasteiger partial charge in [-0.05, 0) is 37.1 Å². The average Bonchev–Trinajstić information content (AvgIpc) is 3.49. The molecule has 3 heterocycles. The van der Waals surface area contributed by atoms with E-state index >= 15 is 0 Å². The number of aliphatic hydroxyl groups excluding tert-OH is 2. The highest BCUT2D eigenvalue weighted by molar-refractivity contribution is 7.14. The topological polar surface area (TPSA) is 109 Å². The molecule has 0 bridgehead atoms. The molecule has 2 aliphatic rings. The van der Waals surface area contributed by atoms with Crippen molar-refractivity contribution >= 4 is 39.9 Å². The van der Waals surface area contributed by atoms with E-state index in [2.05, 4.69) is 15.2 Å². The first kappa shape index (κ1) is 25.0. The number of hydrogen-bond donors (Lipinski definition) is 3. The lowest BCUT2D eigenvalue weighted by molar-refractivity contribution is -0.132. The Morgan fingerprint density at radius 3 is 2.62 bits per heavy atom. The van der Waals surface area contributed by atoms with Crippen molar-refractivity contribution in [3.8, 4) is 0 Å². The predicted molar refractivity (Wildman–Crippen MR) is 131 cm³/mol. The van der Waals surface area contributed by atoms with Crippen LogP contribution in [0.25, 0.3) is 0 Å². The van der Waals surface area contributed by atoms with Crippen molar-refractivity contribution in [3.05, 3.63) is 45.9 Å². The highest BCUT2D eigenvalue weighted by atomic mass is 35.5. The molecule has 2 amide bonds. The van der Waals surface area contributed by atoms with Gasteiger partial charge in [0.2, 0.25) is 5.91 Å². The molecule has 2 atom stereocenters. The third-order valence-corrected chi connectivity index (χ3v) is 7.43. The third-order valence-electron chi connectivity index (χ3n) is 6.37. The maximum Gasteiger partial charge on any atom is 0.257 e. The molecule has 0 aliphatic carbocycles. The first-order chi connectivity index (χ1) is 16.4. The van der Waals surface area contributed by atoms with Crippen molar-refractivity contribution < 1.29 is 19.8 Å². The largest absolute Gasteiger partial charge is 0.395 e. The Bertz CT molecular complexity index is 980. The van der Waals surface area contributed by atoms with Gasteiger partial charge in [-0.25, -0.2) is 4.98 Å². The average molecular weight is 508 g/mol. The number of carbonyl (C=O) groups excluding carboxylic acids is 2. The van der Waals surface area contributed by atoms with Crippen LogP contribution in [0.5, 0.6) is 0 Å². The van der Waals surface area contributed by atoms with Crippen LogP contribution in [0.3, 0.4) is 0 Å². The number of β-amino-alcohol motifs (C(OH)–C–C–N with tert-alkyl or cyclic N) is 1. The molecule has 2 saturated heterocycles. The predicted octanol–water partition coefficient (Wildman–Crippen LogP) is 1.51. The minimum atomic E-state index is -0.599. The maximum absolute atomic E-state index is 12.8. The van der Waals surface area contributed by atoms with E-state index in [9.17, 15) is 19.8 Å². The second kappa shape index (κ2) is 11.6. The lowest BCUT2D eigenvalue weighted by Gasteiger charge is -2.38. The summed E-state index contributed by atoms with van der Waals surface area (Å²) in [6.07, 6.45) is 1.49. The normalized spacial score (nSPS) is 20.4. The van der Waals surface area contributed by atoms with Crippen molar-refractivity contribution in [2.75, 3.05) is 51.2 Å². The SMILES string of the molecule is O=C(Nc1nc(CC(=O)N2CCN(CC(O)N3CCC[C@H]3CO)CC2)cs1)c1ccc(Cl)cc1. The summed E-state index contributed by atoms with van der Waals surface area (Å²) >= 11 is 7.15. The highest BCUT2D eigenvalue weighted by Crippen LogP contribution is 2.21. The van der Waals surface area contributed by atoms with Crippen LogP contribution in [0.4, 0.5) is 5.13 Å². The van der Waals surface area contributed by atoms with Crippen LogP contribution in [0.1, 0.15) is 28.9 Å². The first-order valence-corrected chi connectivity index (χ1v) is 12.7.